The SMILES string of the molecule is CC1CCCCC1n1ccc2nc3ccn(CCc4ccccc4)c(=O)c3cc2c1=O. The zero-order chi connectivity index (χ0) is 21.4. The summed E-state index contributed by atoms with van der Waals surface area (Å²) in [7, 11) is 0. The molecular formula is C26H27N3O2. The van der Waals surface area contributed by atoms with Crippen molar-refractivity contribution in [3.8, 4) is 0 Å². The van der Waals surface area contributed by atoms with Crippen molar-refractivity contribution in [3.05, 3.63) is 87.2 Å². The molecule has 0 saturated heterocycles. The van der Waals surface area contributed by atoms with Gasteiger partial charge in [0.05, 0.1) is 21.8 Å². The molecule has 0 aliphatic heterocycles. The summed E-state index contributed by atoms with van der Waals surface area (Å²) >= 11 is 0. The van der Waals surface area contributed by atoms with Crippen LogP contribution in [-0.2, 0) is 13.0 Å². The number of rotatable bonds is 4. The van der Waals surface area contributed by atoms with Gasteiger partial charge < -0.3 is 9.13 Å². The second-order valence-electron chi connectivity index (χ2n) is 8.76. The molecule has 1 saturated carbocycles. The molecule has 0 radical (unpaired) electrons. The maximum Gasteiger partial charge on any atom is 0.260 e. The van der Waals surface area contributed by atoms with E-state index in [9.17, 15) is 9.59 Å². The van der Waals surface area contributed by atoms with Crippen molar-refractivity contribution < 1.29 is 0 Å². The number of fused-ring (bicyclic) bond motifs is 2. The van der Waals surface area contributed by atoms with Crippen LogP contribution in [-0.4, -0.2) is 14.1 Å². The van der Waals surface area contributed by atoms with Gasteiger partial charge in [-0.25, -0.2) is 4.98 Å². The van der Waals surface area contributed by atoms with E-state index in [-0.39, 0.29) is 17.2 Å². The van der Waals surface area contributed by atoms with Crippen molar-refractivity contribution in [1.82, 2.24) is 14.1 Å². The average molecular weight is 414 g/mol. The number of nitrogens with zero attached hydrogens (tertiary/aromatic N) is 3. The highest BCUT2D eigenvalue weighted by Crippen LogP contribution is 2.32. The Morgan fingerprint density at radius 1 is 0.903 bits per heavy atom. The average Bonchev–Trinajstić information content (AvgIpc) is 2.80. The first-order valence-corrected chi connectivity index (χ1v) is 11.2. The molecule has 4 aromatic rings. The Kier molecular flexibility index (Phi) is 5.18. The van der Waals surface area contributed by atoms with Crippen molar-refractivity contribution in [3.63, 3.8) is 0 Å². The number of hydrogen-bond acceptors (Lipinski definition) is 3. The van der Waals surface area contributed by atoms with Crippen molar-refractivity contribution >= 4 is 21.8 Å². The molecule has 1 aromatic carbocycles. The highest BCUT2D eigenvalue weighted by atomic mass is 16.1. The van der Waals surface area contributed by atoms with Crippen LogP contribution in [0.3, 0.4) is 0 Å². The predicted molar refractivity (Wildman–Crippen MR) is 125 cm³/mol. The molecule has 31 heavy (non-hydrogen) atoms. The van der Waals surface area contributed by atoms with Gasteiger partial charge in [0.2, 0.25) is 0 Å². The third kappa shape index (κ3) is 3.69. The molecule has 1 aliphatic carbocycles. The van der Waals surface area contributed by atoms with Crippen molar-refractivity contribution in [2.75, 3.05) is 0 Å². The summed E-state index contributed by atoms with van der Waals surface area (Å²) in [5.74, 6) is 0.479. The van der Waals surface area contributed by atoms with Crippen LogP contribution in [0.1, 0.15) is 44.2 Å². The summed E-state index contributed by atoms with van der Waals surface area (Å²) in [6.07, 6.45) is 9.03. The van der Waals surface area contributed by atoms with E-state index in [2.05, 4.69) is 24.0 Å². The minimum absolute atomic E-state index is 0.0373. The third-order valence-corrected chi connectivity index (χ3v) is 6.75. The minimum atomic E-state index is -0.0938. The molecule has 1 aliphatic rings. The van der Waals surface area contributed by atoms with E-state index in [1.165, 1.54) is 12.0 Å². The Bertz CT molecular complexity index is 1350. The molecule has 3 heterocycles. The molecule has 0 bridgehead atoms. The number of hydrogen-bond donors (Lipinski definition) is 0. The van der Waals surface area contributed by atoms with Gasteiger partial charge in [0.15, 0.2) is 0 Å². The Morgan fingerprint density at radius 2 is 1.61 bits per heavy atom. The van der Waals surface area contributed by atoms with Gasteiger partial charge in [-0.05, 0) is 48.9 Å². The number of pyridine rings is 3. The predicted octanol–water partition coefficient (Wildman–Crippen LogP) is 4.71. The lowest BCUT2D eigenvalue weighted by Crippen LogP contribution is -2.30. The van der Waals surface area contributed by atoms with Crippen molar-refractivity contribution in [2.24, 2.45) is 5.92 Å². The first kappa shape index (κ1) is 19.7. The smallest absolute Gasteiger partial charge is 0.260 e. The number of benzene rings is 1. The van der Waals surface area contributed by atoms with Gasteiger partial charge in [-0.2, -0.15) is 0 Å². The van der Waals surface area contributed by atoms with E-state index in [4.69, 9.17) is 0 Å². The number of aryl methyl sites for hydroxylation is 2. The minimum Gasteiger partial charge on any atom is -0.315 e. The topological polar surface area (TPSA) is 56.9 Å². The van der Waals surface area contributed by atoms with Gasteiger partial charge in [-0.15, -0.1) is 0 Å². The Labute approximate surface area is 181 Å². The van der Waals surface area contributed by atoms with Gasteiger partial charge in [0, 0.05) is 25.0 Å². The summed E-state index contributed by atoms with van der Waals surface area (Å²) in [4.78, 5) is 31.1. The van der Waals surface area contributed by atoms with Crippen LogP contribution in [0.4, 0.5) is 0 Å². The van der Waals surface area contributed by atoms with Gasteiger partial charge in [-0.1, -0.05) is 50.1 Å². The molecule has 1 fully saturated rings. The lowest BCUT2D eigenvalue weighted by Gasteiger charge is -2.30. The Hall–Kier alpha value is -3.21. The van der Waals surface area contributed by atoms with Crippen LogP contribution in [0.15, 0.2) is 70.5 Å². The van der Waals surface area contributed by atoms with Crippen LogP contribution in [0.5, 0.6) is 0 Å². The van der Waals surface area contributed by atoms with Gasteiger partial charge in [-0.3, -0.25) is 9.59 Å². The molecule has 5 rings (SSSR count). The van der Waals surface area contributed by atoms with E-state index < -0.39 is 0 Å². The van der Waals surface area contributed by atoms with E-state index in [1.807, 2.05) is 41.1 Å². The summed E-state index contributed by atoms with van der Waals surface area (Å²) in [6.45, 7) is 2.82. The summed E-state index contributed by atoms with van der Waals surface area (Å²) in [6, 6.07) is 15.9. The number of aromatic nitrogens is 3. The van der Waals surface area contributed by atoms with E-state index in [0.717, 1.165) is 25.7 Å². The van der Waals surface area contributed by atoms with E-state index in [1.54, 1.807) is 16.8 Å². The Balaban J connectivity index is 1.56. The van der Waals surface area contributed by atoms with Gasteiger partial charge in [0.1, 0.15) is 0 Å². The van der Waals surface area contributed by atoms with Crippen molar-refractivity contribution in [1.29, 1.82) is 0 Å². The third-order valence-electron chi connectivity index (χ3n) is 6.75. The monoisotopic (exact) mass is 413 g/mol. The maximum absolute atomic E-state index is 13.3. The fraction of sp³-hybridized carbons (Fsp3) is 0.346. The van der Waals surface area contributed by atoms with Crippen LogP contribution in [0, 0.1) is 5.92 Å². The van der Waals surface area contributed by atoms with Crippen LogP contribution in [0.25, 0.3) is 21.8 Å². The van der Waals surface area contributed by atoms with Gasteiger partial charge >= 0.3 is 0 Å². The molecule has 158 valence electrons. The van der Waals surface area contributed by atoms with Crippen LogP contribution >= 0.6 is 0 Å². The molecule has 2 unspecified atom stereocenters. The van der Waals surface area contributed by atoms with Crippen molar-refractivity contribution in [2.45, 2.75) is 51.6 Å². The molecule has 0 amide bonds. The first-order valence-electron chi connectivity index (χ1n) is 11.2. The second kappa shape index (κ2) is 8.14. The van der Waals surface area contributed by atoms with Crippen LogP contribution in [0.2, 0.25) is 0 Å². The lowest BCUT2D eigenvalue weighted by molar-refractivity contribution is 0.253. The Morgan fingerprint density at radius 3 is 2.39 bits per heavy atom. The zero-order valence-corrected chi connectivity index (χ0v) is 17.8. The second-order valence-corrected chi connectivity index (χ2v) is 8.76. The quantitative estimate of drug-likeness (QED) is 0.456. The fourth-order valence-corrected chi connectivity index (χ4v) is 4.92. The highest BCUT2D eigenvalue weighted by Gasteiger charge is 2.24. The molecule has 0 N–H and O–H groups in total. The standard InChI is InChI=1S/C26H27N3O2/c1-18-7-5-6-10-24(18)29-16-13-23-21(26(29)31)17-20-22(27-23)12-15-28(25(20)30)14-11-19-8-3-2-4-9-19/h2-4,8-9,12-13,15-18,24H,5-7,10-11,14H2,1H3. The van der Waals surface area contributed by atoms with E-state index in [0.29, 0.717) is 34.3 Å². The molecule has 3 aromatic heterocycles. The molecule has 5 heteroatoms. The molecular weight excluding hydrogens is 386 g/mol. The summed E-state index contributed by atoms with van der Waals surface area (Å²) < 4.78 is 3.59. The maximum atomic E-state index is 13.3. The molecule has 0 spiro atoms. The lowest BCUT2D eigenvalue weighted by atomic mass is 9.85. The molecule has 2 atom stereocenters. The first-order chi connectivity index (χ1) is 15.1. The van der Waals surface area contributed by atoms with Gasteiger partial charge in [0.25, 0.3) is 11.1 Å². The normalized spacial score (nSPS) is 19.1. The fourth-order valence-electron chi connectivity index (χ4n) is 4.92. The molecule has 5 nitrogen and oxygen atoms in total. The summed E-state index contributed by atoms with van der Waals surface area (Å²) in [5.41, 5.74) is 2.35. The van der Waals surface area contributed by atoms with Crippen LogP contribution < -0.4 is 11.1 Å². The summed E-state index contributed by atoms with van der Waals surface area (Å²) in [5, 5.41) is 1.04. The van der Waals surface area contributed by atoms with E-state index >= 15 is 0 Å². The zero-order valence-electron chi connectivity index (χ0n) is 17.8. The highest BCUT2D eigenvalue weighted by molar-refractivity contribution is 5.91. The largest absolute Gasteiger partial charge is 0.315 e.